The van der Waals surface area contributed by atoms with Gasteiger partial charge in [-0.2, -0.15) is 0 Å². The molecule has 1 fully saturated rings. The maximum absolute atomic E-state index is 13.3. The zero-order valence-corrected chi connectivity index (χ0v) is 20.6. The molecule has 184 valence electrons. The number of imide groups is 2. The monoisotopic (exact) mass is 532 g/mol. The van der Waals surface area contributed by atoms with Crippen LogP contribution in [0.1, 0.15) is 5.56 Å². The molecule has 0 saturated carbocycles. The summed E-state index contributed by atoms with van der Waals surface area (Å²) in [6.07, 6.45) is 3.08. The van der Waals surface area contributed by atoms with Crippen molar-refractivity contribution >= 4 is 75.3 Å². The number of hydrogen-bond acceptors (Lipinski definition) is 4. The number of barbiturate groups is 1. The fraction of sp³-hybridized carbons (Fsp3) is 0.0370. The van der Waals surface area contributed by atoms with E-state index in [-0.39, 0.29) is 28.7 Å². The summed E-state index contributed by atoms with van der Waals surface area (Å²) in [6.45, 7) is 0.00369. The first-order chi connectivity index (χ1) is 17.8. The van der Waals surface area contributed by atoms with E-state index >= 15 is 0 Å². The Bertz CT molecular complexity index is 1610. The Kier molecular flexibility index (Phi) is 6.52. The third-order valence-electron chi connectivity index (χ3n) is 5.74. The number of urea groups is 1. The van der Waals surface area contributed by atoms with Crippen molar-refractivity contribution in [2.75, 3.05) is 10.2 Å². The highest BCUT2D eigenvalue weighted by atomic mass is 35.5. The van der Waals surface area contributed by atoms with Crippen LogP contribution in [0.25, 0.3) is 17.0 Å². The van der Waals surface area contributed by atoms with E-state index < -0.39 is 17.8 Å². The lowest BCUT2D eigenvalue weighted by Crippen LogP contribution is -2.54. The molecule has 4 aromatic rings. The number of para-hydroxylation sites is 2. The number of halogens is 2. The Morgan fingerprint density at radius 2 is 1.68 bits per heavy atom. The van der Waals surface area contributed by atoms with Crippen molar-refractivity contribution in [3.8, 4) is 0 Å². The van der Waals surface area contributed by atoms with Crippen molar-refractivity contribution in [2.45, 2.75) is 6.54 Å². The Hall–Kier alpha value is -4.40. The molecule has 5 rings (SSSR count). The summed E-state index contributed by atoms with van der Waals surface area (Å²) in [5.74, 6) is -1.92. The van der Waals surface area contributed by atoms with Crippen LogP contribution in [-0.2, 0) is 20.9 Å². The van der Waals surface area contributed by atoms with Crippen LogP contribution in [0.3, 0.4) is 0 Å². The van der Waals surface area contributed by atoms with E-state index in [0.717, 1.165) is 15.8 Å². The van der Waals surface area contributed by atoms with E-state index in [1.807, 2.05) is 42.5 Å². The lowest BCUT2D eigenvalue weighted by molar-refractivity contribution is -0.122. The number of nitrogens with one attached hydrogen (secondary N) is 2. The van der Waals surface area contributed by atoms with Crippen molar-refractivity contribution in [1.29, 1.82) is 0 Å². The van der Waals surface area contributed by atoms with Gasteiger partial charge in [-0.1, -0.05) is 59.6 Å². The molecule has 10 heteroatoms. The molecule has 1 aromatic heterocycles. The molecule has 0 unspecified atom stereocenters. The molecule has 2 heterocycles. The van der Waals surface area contributed by atoms with Crippen molar-refractivity contribution < 1.29 is 19.2 Å². The number of fused-ring (bicyclic) bond motifs is 1. The fourth-order valence-corrected chi connectivity index (χ4v) is 4.59. The van der Waals surface area contributed by atoms with Crippen molar-refractivity contribution in [2.24, 2.45) is 0 Å². The largest absolute Gasteiger partial charge is 0.337 e. The van der Waals surface area contributed by atoms with Crippen molar-refractivity contribution in [3.63, 3.8) is 0 Å². The summed E-state index contributed by atoms with van der Waals surface area (Å²) in [4.78, 5) is 52.0. The van der Waals surface area contributed by atoms with Gasteiger partial charge in [-0.15, -0.1) is 0 Å². The second-order valence-corrected chi connectivity index (χ2v) is 9.04. The average molecular weight is 533 g/mol. The van der Waals surface area contributed by atoms with Crippen molar-refractivity contribution in [3.05, 3.63) is 100 Å². The van der Waals surface area contributed by atoms with Crippen molar-refractivity contribution in [1.82, 2.24) is 9.88 Å². The number of carbonyl (C=O) groups excluding carboxylic acids is 4. The normalized spacial score (nSPS) is 14.8. The lowest BCUT2D eigenvalue weighted by atomic mass is 10.1. The molecule has 0 spiro atoms. The topological polar surface area (TPSA) is 101 Å². The number of benzene rings is 3. The second-order valence-electron chi connectivity index (χ2n) is 8.20. The SMILES string of the molecule is O=C(Cn1cc(/C=C2/C(=O)NC(=O)N(c3ccc(Cl)cc3Cl)C2=O)c2ccccc21)Nc1ccccc1. The van der Waals surface area contributed by atoms with Gasteiger partial charge in [-0.05, 0) is 42.5 Å². The molecule has 3 aromatic carbocycles. The highest BCUT2D eigenvalue weighted by molar-refractivity contribution is 6.42. The van der Waals surface area contributed by atoms with E-state index in [0.29, 0.717) is 16.3 Å². The maximum atomic E-state index is 13.3. The molecule has 1 aliphatic rings. The van der Waals surface area contributed by atoms with E-state index in [4.69, 9.17) is 23.2 Å². The van der Waals surface area contributed by atoms with Gasteiger partial charge in [0.15, 0.2) is 0 Å². The first-order valence-corrected chi connectivity index (χ1v) is 11.9. The van der Waals surface area contributed by atoms with Crippen LogP contribution >= 0.6 is 23.2 Å². The quantitative estimate of drug-likeness (QED) is 0.270. The molecule has 0 bridgehead atoms. The molecule has 37 heavy (non-hydrogen) atoms. The van der Waals surface area contributed by atoms with E-state index in [2.05, 4.69) is 10.6 Å². The minimum atomic E-state index is -0.920. The molecule has 1 saturated heterocycles. The van der Waals surface area contributed by atoms with E-state index in [9.17, 15) is 19.2 Å². The van der Waals surface area contributed by atoms with Gasteiger partial charge >= 0.3 is 6.03 Å². The number of amides is 5. The van der Waals surface area contributed by atoms with Gasteiger partial charge in [0.1, 0.15) is 12.1 Å². The highest BCUT2D eigenvalue weighted by Gasteiger charge is 2.38. The summed E-state index contributed by atoms with van der Waals surface area (Å²) in [7, 11) is 0. The number of carbonyl (C=O) groups is 4. The van der Waals surface area contributed by atoms with Gasteiger partial charge in [0, 0.05) is 33.4 Å². The molecule has 8 nitrogen and oxygen atoms in total. The lowest BCUT2D eigenvalue weighted by Gasteiger charge is -2.27. The van der Waals surface area contributed by atoms with Crippen LogP contribution in [-0.4, -0.2) is 28.3 Å². The minimum absolute atomic E-state index is 0.00369. The van der Waals surface area contributed by atoms with Crippen LogP contribution in [0.15, 0.2) is 84.6 Å². The summed E-state index contributed by atoms with van der Waals surface area (Å²) >= 11 is 12.2. The van der Waals surface area contributed by atoms with E-state index in [1.165, 1.54) is 24.3 Å². The van der Waals surface area contributed by atoms with Crippen LogP contribution in [0.5, 0.6) is 0 Å². The molecule has 0 aliphatic carbocycles. The Balaban J connectivity index is 1.50. The zero-order valence-electron chi connectivity index (χ0n) is 19.1. The Morgan fingerprint density at radius 3 is 2.43 bits per heavy atom. The molecule has 5 amide bonds. The molecular weight excluding hydrogens is 515 g/mol. The maximum Gasteiger partial charge on any atom is 0.335 e. The standard InChI is InChI=1S/C27H18Cl2N4O4/c28-17-10-11-23(21(29)13-17)33-26(36)20(25(35)31-27(33)37)12-16-14-32(22-9-5-4-8-19(16)22)15-24(34)30-18-6-2-1-3-7-18/h1-14H,15H2,(H,30,34)(H,31,35,37)/b20-12-. The summed E-state index contributed by atoms with van der Waals surface area (Å²) < 4.78 is 1.73. The van der Waals surface area contributed by atoms with Gasteiger partial charge < -0.3 is 9.88 Å². The first-order valence-electron chi connectivity index (χ1n) is 11.1. The number of anilines is 2. The van der Waals surface area contributed by atoms with Gasteiger partial charge in [-0.3, -0.25) is 19.7 Å². The fourth-order valence-electron chi connectivity index (χ4n) is 4.09. The minimum Gasteiger partial charge on any atom is -0.337 e. The van der Waals surface area contributed by atoms with Crippen LogP contribution < -0.4 is 15.5 Å². The number of aromatic nitrogens is 1. The molecule has 2 N–H and O–H groups in total. The summed E-state index contributed by atoms with van der Waals surface area (Å²) in [6, 6.07) is 19.7. The van der Waals surface area contributed by atoms with Gasteiger partial charge in [0.05, 0.1) is 10.7 Å². The smallest absolute Gasteiger partial charge is 0.335 e. The molecule has 0 atom stereocenters. The first kappa shape index (κ1) is 24.3. The van der Waals surface area contributed by atoms with Crippen LogP contribution in [0.2, 0.25) is 10.0 Å². The number of nitrogens with zero attached hydrogens (tertiary/aromatic N) is 2. The molecule has 0 radical (unpaired) electrons. The molecular formula is C27H18Cl2N4O4. The zero-order chi connectivity index (χ0) is 26.1. The number of hydrogen-bond donors (Lipinski definition) is 2. The summed E-state index contributed by atoms with van der Waals surface area (Å²) in [5, 5.41) is 6.14. The van der Waals surface area contributed by atoms with Gasteiger partial charge in [0.2, 0.25) is 5.91 Å². The Morgan fingerprint density at radius 1 is 0.946 bits per heavy atom. The molecule has 1 aliphatic heterocycles. The van der Waals surface area contributed by atoms with Gasteiger partial charge in [0.25, 0.3) is 11.8 Å². The van der Waals surface area contributed by atoms with Crippen LogP contribution in [0.4, 0.5) is 16.2 Å². The number of rotatable bonds is 5. The third-order valence-corrected chi connectivity index (χ3v) is 6.28. The van der Waals surface area contributed by atoms with Gasteiger partial charge in [-0.25, -0.2) is 9.69 Å². The average Bonchev–Trinajstić information content (AvgIpc) is 3.20. The Labute approximate surface area is 221 Å². The predicted molar refractivity (Wildman–Crippen MR) is 142 cm³/mol. The van der Waals surface area contributed by atoms with E-state index in [1.54, 1.807) is 22.9 Å². The summed E-state index contributed by atoms with van der Waals surface area (Å²) in [5.41, 5.74) is 1.75. The van der Waals surface area contributed by atoms with Crippen LogP contribution in [0, 0.1) is 0 Å². The second kappa shape index (κ2) is 9.93. The third kappa shape index (κ3) is 4.84. The highest BCUT2D eigenvalue weighted by Crippen LogP contribution is 2.32. The predicted octanol–water partition coefficient (Wildman–Crippen LogP) is 5.25.